The first-order valence-corrected chi connectivity index (χ1v) is 7.78. The van der Waals surface area contributed by atoms with Gasteiger partial charge in [-0.2, -0.15) is 0 Å². The molecule has 3 N–H and O–H groups in total. The number of sulfonamides is 1. The molecule has 2 rings (SSSR count). The van der Waals surface area contributed by atoms with Crippen LogP contribution in [0.4, 0.5) is 0 Å². The molecule has 1 aliphatic carbocycles. The third kappa shape index (κ3) is 2.88. The number of nitrogens with one attached hydrogen (secondary N) is 1. The van der Waals surface area contributed by atoms with Gasteiger partial charge in [0.1, 0.15) is 4.99 Å². The van der Waals surface area contributed by atoms with Crippen LogP contribution in [-0.2, 0) is 10.0 Å². The molecule has 0 aromatic heterocycles. The Labute approximate surface area is 113 Å². The summed E-state index contributed by atoms with van der Waals surface area (Å²) in [7, 11) is -3.52. The summed E-state index contributed by atoms with van der Waals surface area (Å²) < 4.78 is 27.0. The lowest BCUT2D eigenvalue weighted by atomic mass is 9.86. The van der Waals surface area contributed by atoms with E-state index < -0.39 is 10.0 Å². The lowest BCUT2D eigenvalue weighted by Gasteiger charge is -2.25. The van der Waals surface area contributed by atoms with Crippen molar-refractivity contribution < 1.29 is 8.42 Å². The zero-order valence-corrected chi connectivity index (χ0v) is 11.6. The number of rotatable bonds is 5. The van der Waals surface area contributed by atoms with Crippen LogP contribution in [0, 0.1) is 5.92 Å². The molecule has 0 heterocycles. The second-order valence-electron chi connectivity index (χ2n) is 4.51. The Bertz CT molecular complexity index is 551. The van der Waals surface area contributed by atoms with Crippen molar-refractivity contribution in [3.05, 3.63) is 29.8 Å². The Morgan fingerprint density at radius 1 is 1.39 bits per heavy atom. The van der Waals surface area contributed by atoms with Crippen LogP contribution < -0.4 is 10.5 Å². The van der Waals surface area contributed by atoms with E-state index in [1.165, 1.54) is 12.5 Å². The van der Waals surface area contributed by atoms with Gasteiger partial charge in [-0.15, -0.1) is 0 Å². The molecule has 0 bridgehead atoms. The fourth-order valence-electron chi connectivity index (χ4n) is 1.91. The average Bonchev–Trinajstić information content (AvgIpc) is 2.26. The highest BCUT2D eigenvalue weighted by Gasteiger charge is 2.23. The summed E-state index contributed by atoms with van der Waals surface area (Å²) in [5, 5.41) is 0. The van der Waals surface area contributed by atoms with E-state index in [9.17, 15) is 8.42 Å². The van der Waals surface area contributed by atoms with Crippen LogP contribution in [0.3, 0.4) is 0 Å². The molecule has 98 valence electrons. The molecule has 1 aliphatic rings. The van der Waals surface area contributed by atoms with E-state index in [0.29, 0.717) is 18.0 Å². The summed E-state index contributed by atoms with van der Waals surface area (Å²) in [4.78, 5) is 0.261. The molecule has 0 radical (unpaired) electrons. The number of hydrogen-bond acceptors (Lipinski definition) is 3. The van der Waals surface area contributed by atoms with Crippen molar-refractivity contribution in [1.29, 1.82) is 0 Å². The fraction of sp³-hybridized carbons (Fsp3) is 0.417. The standard InChI is InChI=1S/C12H16N2O2S2/c13-12(17)10-6-1-2-7-11(10)18(15,16)14-8-9-4-3-5-9/h1-2,6-7,9,14H,3-5,8H2,(H2,13,17). The van der Waals surface area contributed by atoms with Crippen molar-refractivity contribution in [2.24, 2.45) is 11.7 Å². The molecule has 1 saturated carbocycles. The lowest BCUT2D eigenvalue weighted by Crippen LogP contribution is -2.33. The predicted octanol–water partition coefficient (Wildman–Crippen LogP) is 1.40. The second-order valence-corrected chi connectivity index (χ2v) is 6.68. The number of nitrogens with two attached hydrogens (primary N) is 1. The van der Waals surface area contributed by atoms with Gasteiger partial charge in [-0.3, -0.25) is 0 Å². The van der Waals surface area contributed by atoms with Crippen molar-refractivity contribution in [3.63, 3.8) is 0 Å². The van der Waals surface area contributed by atoms with Crippen LogP contribution in [-0.4, -0.2) is 20.0 Å². The van der Waals surface area contributed by atoms with Crippen molar-refractivity contribution in [1.82, 2.24) is 4.72 Å². The van der Waals surface area contributed by atoms with E-state index in [0.717, 1.165) is 12.8 Å². The Hall–Kier alpha value is -0.980. The van der Waals surface area contributed by atoms with Crippen molar-refractivity contribution in [2.45, 2.75) is 24.2 Å². The predicted molar refractivity (Wildman–Crippen MR) is 74.9 cm³/mol. The maximum atomic E-state index is 12.2. The van der Waals surface area contributed by atoms with Gasteiger partial charge in [0.05, 0.1) is 4.90 Å². The Morgan fingerprint density at radius 2 is 2.06 bits per heavy atom. The second kappa shape index (κ2) is 5.34. The van der Waals surface area contributed by atoms with Crippen LogP contribution in [0.2, 0.25) is 0 Å². The van der Waals surface area contributed by atoms with Gasteiger partial charge in [-0.05, 0) is 24.8 Å². The maximum absolute atomic E-state index is 12.2. The first-order chi connectivity index (χ1) is 8.50. The zero-order chi connectivity index (χ0) is 13.2. The van der Waals surface area contributed by atoms with Crippen molar-refractivity contribution in [2.75, 3.05) is 6.54 Å². The first-order valence-electron chi connectivity index (χ1n) is 5.89. The monoisotopic (exact) mass is 284 g/mol. The smallest absolute Gasteiger partial charge is 0.241 e. The number of benzene rings is 1. The van der Waals surface area contributed by atoms with E-state index in [1.54, 1.807) is 18.2 Å². The Morgan fingerprint density at radius 3 is 2.61 bits per heavy atom. The molecular formula is C12H16N2O2S2. The summed E-state index contributed by atoms with van der Waals surface area (Å²) in [6.07, 6.45) is 3.38. The SMILES string of the molecule is NC(=S)c1ccccc1S(=O)(=O)NCC1CCC1. The molecule has 18 heavy (non-hydrogen) atoms. The van der Waals surface area contributed by atoms with Crippen LogP contribution >= 0.6 is 12.2 Å². The van der Waals surface area contributed by atoms with Gasteiger partial charge >= 0.3 is 0 Å². The molecule has 0 spiro atoms. The molecule has 0 saturated heterocycles. The van der Waals surface area contributed by atoms with Gasteiger partial charge in [0.15, 0.2) is 0 Å². The van der Waals surface area contributed by atoms with Crippen LogP contribution in [0.15, 0.2) is 29.2 Å². The minimum absolute atomic E-state index is 0.0969. The minimum Gasteiger partial charge on any atom is -0.389 e. The first kappa shape index (κ1) is 13.5. The lowest BCUT2D eigenvalue weighted by molar-refractivity contribution is 0.316. The quantitative estimate of drug-likeness (QED) is 0.802. The summed E-state index contributed by atoms with van der Waals surface area (Å²) in [5.74, 6) is 0.469. The minimum atomic E-state index is -3.52. The molecule has 1 aromatic carbocycles. The molecule has 1 fully saturated rings. The normalized spacial score (nSPS) is 16.2. The van der Waals surface area contributed by atoms with Gasteiger partial charge in [0.25, 0.3) is 0 Å². The van der Waals surface area contributed by atoms with Crippen LogP contribution in [0.25, 0.3) is 0 Å². The van der Waals surface area contributed by atoms with Crippen LogP contribution in [0.5, 0.6) is 0 Å². The Balaban J connectivity index is 2.20. The van der Waals surface area contributed by atoms with E-state index in [4.69, 9.17) is 18.0 Å². The van der Waals surface area contributed by atoms with Crippen molar-refractivity contribution >= 4 is 27.2 Å². The molecule has 4 nitrogen and oxygen atoms in total. The summed E-state index contributed by atoms with van der Waals surface area (Å²) in [6.45, 7) is 0.494. The highest BCUT2D eigenvalue weighted by atomic mass is 32.2. The van der Waals surface area contributed by atoms with E-state index in [-0.39, 0.29) is 9.88 Å². The zero-order valence-electron chi connectivity index (χ0n) is 9.93. The van der Waals surface area contributed by atoms with E-state index in [1.807, 2.05) is 0 Å². The Kier molecular flexibility index (Phi) is 3.99. The van der Waals surface area contributed by atoms with Gasteiger partial charge < -0.3 is 5.73 Å². The molecular weight excluding hydrogens is 268 g/mol. The molecule has 0 aliphatic heterocycles. The largest absolute Gasteiger partial charge is 0.389 e. The molecule has 1 aromatic rings. The van der Waals surface area contributed by atoms with Gasteiger partial charge in [0, 0.05) is 12.1 Å². The fourth-order valence-corrected chi connectivity index (χ4v) is 3.49. The molecule has 0 amide bonds. The third-order valence-electron chi connectivity index (χ3n) is 3.23. The topological polar surface area (TPSA) is 72.2 Å². The van der Waals surface area contributed by atoms with E-state index >= 15 is 0 Å². The van der Waals surface area contributed by atoms with Crippen LogP contribution in [0.1, 0.15) is 24.8 Å². The number of hydrogen-bond donors (Lipinski definition) is 2. The third-order valence-corrected chi connectivity index (χ3v) is 4.93. The highest BCUT2D eigenvalue weighted by Crippen LogP contribution is 2.26. The van der Waals surface area contributed by atoms with Gasteiger partial charge in [-0.1, -0.05) is 36.8 Å². The van der Waals surface area contributed by atoms with Gasteiger partial charge in [-0.25, -0.2) is 13.1 Å². The molecule has 0 unspecified atom stereocenters. The van der Waals surface area contributed by atoms with Crippen molar-refractivity contribution in [3.8, 4) is 0 Å². The maximum Gasteiger partial charge on any atom is 0.241 e. The number of thiocarbonyl (C=S) groups is 1. The highest BCUT2D eigenvalue weighted by molar-refractivity contribution is 7.89. The summed E-state index contributed by atoms with van der Waals surface area (Å²) >= 11 is 4.87. The average molecular weight is 284 g/mol. The van der Waals surface area contributed by atoms with E-state index in [2.05, 4.69) is 4.72 Å². The molecule has 6 heteroatoms. The van der Waals surface area contributed by atoms with Gasteiger partial charge in [0.2, 0.25) is 10.0 Å². The molecule has 0 atom stereocenters. The summed E-state index contributed by atoms with van der Waals surface area (Å²) in [5.41, 5.74) is 5.94. The summed E-state index contributed by atoms with van der Waals surface area (Å²) in [6, 6.07) is 6.54.